The SMILES string of the molecule is CC(C)(C)OC(=O)N1CCN[C@H](Cc2ccc(Br)cc2)C1. The van der Waals surface area contributed by atoms with Crippen LogP contribution < -0.4 is 5.32 Å². The number of halogens is 1. The van der Waals surface area contributed by atoms with E-state index in [4.69, 9.17) is 4.74 Å². The summed E-state index contributed by atoms with van der Waals surface area (Å²) in [7, 11) is 0. The molecule has 1 aromatic rings. The lowest BCUT2D eigenvalue weighted by Gasteiger charge is -2.35. The smallest absolute Gasteiger partial charge is 0.410 e. The van der Waals surface area contributed by atoms with Crippen LogP contribution in [0.5, 0.6) is 0 Å². The van der Waals surface area contributed by atoms with E-state index in [-0.39, 0.29) is 12.1 Å². The number of rotatable bonds is 2. The molecule has 1 saturated heterocycles. The van der Waals surface area contributed by atoms with Gasteiger partial charge in [0.2, 0.25) is 0 Å². The van der Waals surface area contributed by atoms with E-state index >= 15 is 0 Å². The molecular formula is C16H23BrN2O2. The summed E-state index contributed by atoms with van der Waals surface area (Å²) < 4.78 is 6.53. The molecule has 0 aliphatic carbocycles. The number of benzene rings is 1. The van der Waals surface area contributed by atoms with Crippen LogP contribution in [-0.2, 0) is 11.2 Å². The van der Waals surface area contributed by atoms with Crippen molar-refractivity contribution in [3.05, 3.63) is 34.3 Å². The zero-order valence-corrected chi connectivity index (χ0v) is 14.4. The Bertz CT molecular complexity index is 482. The van der Waals surface area contributed by atoms with Crippen molar-refractivity contribution in [2.24, 2.45) is 0 Å². The number of hydrogen-bond acceptors (Lipinski definition) is 3. The summed E-state index contributed by atoms with van der Waals surface area (Å²) >= 11 is 3.44. The van der Waals surface area contributed by atoms with Gasteiger partial charge in [0.1, 0.15) is 5.60 Å². The normalized spacial score (nSPS) is 19.4. The quantitative estimate of drug-likeness (QED) is 0.886. The molecule has 0 spiro atoms. The van der Waals surface area contributed by atoms with Crippen LogP contribution in [-0.4, -0.2) is 42.3 Å². The second-order valence-corrected chi connectivity index (χ2v) is 7.32. The van der Waals surface area contributed by atoms with Gasteiger partial charge in [-0.15, -0.1) is 0 Å². The largest absolute Gasteiger partial charge is 0.444 e. The second-order valence-electron chi connectivity index (χ2n) is 6.41. The summed E-state index contributed by atoms with van der Waals surface area (Å²) in [4.78, 5) is 13.9. The lowest BCUT2D eigenvalue weighted by atomic mass is 10.0. The first-order chi connectivity index (χ1) is 9.83. The van der Waals surface area contributed by atoms with Crippen molar-refractivity contribution in [3.8, 4) is 0 Å². The second kappa shape index (κ2) is 6.79. The molecule has 0 unspecified atom stereocenters. The monoisotopic (exact) mass is 354 g/mol. The molecule has 0 aromatic heterocycles. The van der Waals surface area contributed by atoms with E-state index in [1.165, 1.54) is 5.56 Å². The molecule has 4 nitrogen and oxygen atoms in total. The minimum Gasteiger partial charge on any atom is -0.444 e. The van der Waals surface area contributed by atoms with E-state index in [0.29, 0.717) is 13.1 Å². The molecular weight excluding hydrogens is 332 g/mol. The van der Waals surface area contributed by atoms with E-state index in [1.807, 2.05) is 32.9 Å². The summed E-state index contributed by atoms with van der Waals surface area (Å²) in [5.74, 6) is 0. The zero-order chi connectivity index (χ0) is 15.5. The van der Waals surface area contributed by atoms with Gasteiger partial charge in [-0.25, -0.2) is 4.79 Å². The van der Waals surface area contributed by atoms with Gasteiger partial charge in [-0.2, -0.15) is 0 Å². The van der Waals surface area contributed by atoms with Gasteiger partial charge in [0.05, 0.1) is 0 Å². The molecule has 1 amide bonds. The molecule has 1 aliphatic heterocycles. The van der Waals surface area contributed by atoms with Crippen molar-refractivity contribution in [1.29, 1.82) is 0 Å². The Kier molecular flexibility index (Phi) is 5.27. The number of piperazine rings is 1. The third-order valence-corrected chi connectivity index (χ3v) is 3.83. The third-order valence-electron chi connectivity index (χ3n) is 3.30. The zero-order valence-electron chi connectivity index (χ0n) is 12.9. The number of carbonyl (C=O) groups is 1. The molecule has 5 heteroatoms. The minimum atomic E-state index is -0.441. The van der Waals surface area contributed by atoms with Crippen molar-refractivity contribution in [2.45, 2.75) is 38.8 Å². The fourth-order valence-corrected chi connectivity index (χ4v) is 2.62. The van der Waals surface area contributed by atoms with Crippen LogP contribution in [0.3, 0.4) is 0 Å². The topological polar surface area (TPSA) is 41.6 Å². The molecule has 1 aromatic carbocycles. The summed E-state index contributed by atoms with van der Waals surface area (Å²) in [6.45, 7) is 7.88. The molecule has 0 bridgehead atoms. The Hall–Kier alpha value is -1.07. The number of carbonyl (C=O) groups excluding carboxylic acids is 1. The Morgan fingerprint density at radius 1 is 1.38 bits per heavy atom. The van der Waals surface area contributed by atoms with Crippen molar-refractivity contribution < 1.29 is 9.53 Å². The first kappa shape index (κ1) is 16.3. The Labute approximate surface area is 135 Å². The number of ether oxygens (including phenoxy) is 1. The fourth-order valence-electron chi connectivity index (χ4n) is 2.36. The predicted molar refractivity (Wildman–Crippen MR) is 87.4 cm³/mol. The van der Waals surface area contributed by atoms with Crippen LogP contribution in [0.4, 0.5) is 4.79 Å². The van der Waals surface area contributed by atoms with Crippen LogP contribution in [0.2, 0.25) is 0 Å². The molecule has 21 heavy (non-hydrogen) atoms. The molecule has 116 valence electrons. The lowest BCUT2D eigenvalue weighted by Crippen LogP contribution is -2.54. The van der Waals surface area contributed by atoms with Gasteiger partial charge in [0.15, 0.2) is 0 Å². The number of nitrogens with one attached hydrogen (secondary N) is 1. The Morgan fingerprint density at radius 2 is 2.05 bits per heavy atom. The highest BCUT2D eigenvalue weighted by Gasteiger charge is 2.27. The van der Waals surface area contributed by atoms with E-state index in [0.717, 1.165) is 17.4 Å². The predicted octanol–water partition coefficient (Wildman–Crippen LogP) is 3.20. The van der Waals surface area contributed by atoms with E-state index in [2.05, 4.69) is 33.4 Å². The van der Waals surface area contributed by atoms with Crippen LogP contribution in [0, 0.1) is 0 Å². The third kappa shape index (κ3) is 5.32. The highest BCUT2D eigenvalue weighted by molar-refractivity contribution is 9.10. The van der Waals surface area contributed by atoms with Gasteiger partial charge in [-0.1, -0.05) is 28.1 Å². The fraction of sp³-hybridized carbons (Fsp3) is 0.562. The summed E-state index contributed by atoms with van der Waals surface area (Å²) in [5.41, 5.74) is 0.824. The average molecular weight is 355 g/mol. The standard InChI is InChI=1S/C16H23BrN2O2/c1-16(2,3)21-15(20)19-9-8-18-14(11-19)10-12-4-6-13(17)7-5-12/h4-7,14,18H,8-11H2,1-3H3/t14-/m1/s1. The van der Waals surface area contributed by atoms with Crippen LogP contribution >= 0.6 is 15.9 Å². The van der Waals surface area contributed by atoms with Crippen molar-refractivity contribution in [2.75, 3.05) is 19.6 Å². The minimum absolute atomic E-state index is 0.218. The van der Waals surface area contributed by atoms with E-state index in [9.17, 15) is 4.79 Å². The van der Waals surface area contributed by atoms with Crippen LogP contribution in [0.15, 0.2) is 28.7 Å². The molecule has 1 N–H and O–H groups in total. The maximum absolute atomic E-state index is 12.1. The van der Waals surface area contributed by atoms with Gasteiger partial charge < -0.3 is 15.0 Å². The van der Waals surface area contributed by atoms with Crippen molar-refractivity contribution >= 4 is 22.0 Å². The van der Waals surface area contributed by atoms with E-state index in [1.54, 1.807) is 4.90 Å². The average Bonchev–Trinajstić information content (AvgIpc) is 2.40. The van der Waals surface area contributed by atoms with Gasteiger partial charge in [-0.3, -0.25) is 0 Å². The molecule has 1 fully saturated rings. The van der Waals surface area contributed by atoms with Gasteiger partial charge in [-0.05, 0) is 44.9 Å². The molecule has 0 radical (unpaired) electrons. The Morgan fingerprint density at radius 3 is 2.67 bits per heavy atom. The number of hydrogen-bond donors (Lipinski definition) is 1. The van der Waals surface area contributed by atoms with E-state index < -0.39 is 5.60 Å². The van der Waals surface area contributed by atoms with Gasteiger partial charge >= 0.3 is 6.09 Å². The summed E-state index contributed by atoms with van der Waals surface area (Å²) in [6, 6.07) is 8.58. The van der Waals surface area contributed by atoms with Crippen LogP contribution in [0.1, 0.15) is 26.3 Å². The highest BCUT2D eigenvalue weighted by Crippen LogP contribution is 2.15. The van der Waals surface area contributed by atoms with Crippen molar-refractivity contribution in [3.63, 3.8) is 0 Å². The number of nitrogens with zero attached hydrogens (tertiary/aromatic N) is 1. The first-order valence-electron chi connectivity index (χ1n) is 7.29. The molecule has 1 heterocycles. The molecule has 1 aliphatic rings. The maximum Gasteiger partial charge on any atom is 0.410 e. The maximum atomic E-state index is 12.1. The molecule has 0 saturated carbocycles. The van der Waals surface area contributed by atoms with Crippen molar-refractivity contribution in [1.82, 2.24) is 10.2 Å². The Balaban J connectivity index is 1.91. The lowest BCUT2D eigenvalue weighted by molar-refractivity contribution is 0.0195. The molecule has 2 rings (SSSR count). The summed E-state index contributed by atoms with van der Waals surface area (Å²) in [5, 5.41) is 3.47. The van der Waals surface area contributed by atoms with Crippen LogP contribution in [0.25, 0.3) is 0 Å². The van der Waals surface area contributed by atoms with Gasteiger partial charge in [0, 0.05) is 30.1 Å². The summed E-state index contributed by atoms with van der Waals surface area (Å²) in [6.07, 6.45) is 0.692. The highest BCUT2D eigenvalue weighted by atomic mass is 79.9. The van der Waals surface area contributed by atoms with Gasteiger partial charge in [0.25, 0.3) is 0 Å². The molecule has 1 atom stereocenters. The first-order valence-corrected chi connectivity index (χ1v) is 8.08. The number of amides is 1.